The molecule has 19 heavy (non-hydrogen) atoms. The topological polar surface area (TPSA) is 32.3 Å². The molecule has 0 bridgehead atoms. The molecule has 2 aliphatic rings. The highest BCUT2D eigenvalue weighted by molar-refractivity contribution is 5.80. The average molecular weight is 266 g/mol. The van der Waals surface area contributed by atoms with E-state index in [9.17, 15) is 4.79 Å². The van der Waals surface area contributed by atoms with Gasteiger partial charge in [-0.2, -0.15) is 0 Å². The van der Waals surface area contributed by atoms with Crippen LogP contribution in [0.2, 0.25) is 0 Å². The number of amides is 1. The molecular weight excluding hydrogens is 236 g/mol. The first-order valence-electron chi connectivity index (χ1n) is 8.01. The lowest BCUT2D eigenvalue weighted by molar-refractivity contribution is -0.144. The number of likely N-dealkylation sites (N-methyl/N-ethyl adjacent to an activating group) is 1. The molecule has 3 heteroatoms. The van der Waals surface area contributed by atoms with Gasteiger partial charge in [0.1, 0.15) is 0 Å². The van der Waals surface area contributed by atoms with E-state index < -0.39 is 0 Å². The zero-order valence-corrected chi connectivity index (χ0v) is 12.9. The molecule has 110 valence electrons. The summed E-state index contributed by atoms with van der Waals surface area (Å²) < 4.78 is 0. The monoisotopic (exact) mass is 266 g/mol. The second-order valence-corrected chi connectivity index (χ2v) is 7.03. The maximum atomic E-state index is 13.0. The zero-order valence-electron chi connectivity index (χ0n) is 12.9. The van der Waals surface area contributed by atoms with Gasteiger partial charge >= 0.3 is 0 Å². The molecule has 2 unspecified atom stereocenters. The van der Waals surface area contributed by atoms with Gasteiger partial charge in [-0.3, -0.25) is 4.79 Å². The van der Waals surface area contributed by atoms with Crippen LogP contribution in [0.1, 0.15) is 58.8 Å². The summed E-state index contributed by atoms with van der Waals surface area (Å²) in [6.45, 7) is 6.48. The maximum absolute atomic E-state index is 13.0. The van der Waals surface area contributed by atoms with Gasteiger partial charge in [-0.1, -0.05) is 26.7 Å². The Morgan fingerprint density at radius 2 is 1.95 bits per heavy atom. The molecule has 3 nitrogen and oxygen atoms in total. The average Bonchev–Trinajstić information content (AvgIpc) is 2.38. The van der Waals surface area contributed by atoms with Crippen molar-refractivity contribution in [2.24, 2.45) is 11.3 Å². The van der Waals surface area contributed by atoms with E-state index in [1.807, 2.05) is 7.05 Å². The summed E-state index contributed by atoms with van der Waals surface area (Å²) in [4.78, 5) is 15.1. The van der Waals surface area contributed by atoms with Crippen molar-refractivity contribution < 1.29 is 4.79 Å². The Labute approximate surface area is 118 Å². The molecule has 1 aliphatic heterocycles. The standard InChI is InChI=1S/C16H30N2O/c1-16(2)10-6-4-9-14(16)15(19)18-11-7-5-8-13(18)12-17-3/h13-14,17H,4-12H2,1-3H3. The Kier molecular flexibility index (Phi) is 4.88. The van der Waals surface area contributed by atoms with Crippen LogP contribution >= 0.6 is 0 Å². The highest BCUT2D eigenvalue weighted by atomic mass is 16.2. The predicted molar refractivity (Wildman–Crippen MR) is 79.0 cm³/mol. The Bertz CT molecular complexity index is 312. The molecule has 1 N–H and O–H groups in total. The summed E-state index contributed by atoms with van der Waals surface area (Å²) in [7, 11) is 1.99. The summed E-state index contributed by atoms with van der Waals surface area (Å²) in [6, 6.07) is 0.420. The van der Waals surface area contributed by atoms with E-state index in [2.05, 4.69) is 24.1 Å². The molecule has 2 rings (SSSR count). The first-order chi connectivity index (χ1) is 9.06. The van der Waals surface area contributed by atoms with Gasteiger partial charge in [0.05, 0.1) is 0 Å². The minimum absolute atomic E-state index is 0.191. The molecule has 1 saturated heterocycles. The number of rotatable bonds is 3. The smallest absolute Gasteiger partial charge is 0.226 e. The summed E-state index contributed by atoms with van der Waals surface area (Å²) >= 11 is 0. The van der Waals surface area contributed by atoms with Crippen molar-refractivity contribution >= 4 is 5.91 Å². The van der Waals surface area contributed by atoms with Crippen LogP contribution in [0.5, 0.6) is 0 Å². The molecule has 1 saturated carbocycles. The normalized spacial score (nSPS) is 31.2. The Hall–Kier alpha value is -0.570. The first-order valence-corrected chi connectivity index (χ1v) is 8.01. The Morgan fingerprint density at radius 3 is 2.63 bits per heavy atom. The van der Waals surface area contributed by atoms with Gasteiger partial charge in [-0.05, 0) is 44.6 Å². The van der Waals surface area contributed by atoms with Crippen molar-refractivity contribution in [3.63, 3.8) is 0 Å². The van der Waals surface area contributed by atoms with Crippen LogP contribution in [0.25, 0.3) is 0 Å². The van der Waals surface area contributed by atoms with Crippen LogP contribution in [0.4, 0.5) is 0 Å². The van der Waals surface area contributed by atoms with Gasteiger partial charge in [0.25, 0.3) is 0 Å². The number of carbonyl (C=O) groups is 1. The molecule has 1 heterocycles. The third-order valence-electron chi connectivity index (χ3n) is 5.16. The van der Waals surface area contributed by atoms with Crippen molar-refractivity contribution in [3.8, 4) is 0 Å². The molecule has 2 atom stereocenters. The Balaban J connectivity index is 2.07. The van der Waals surface area contributed by atoms with E-state index >= 15 is 0 Å². The van der Waals surface area contributed by atoms with E-state index in [4.69, 9.17) is 0 Å². The molecule has 1 aliphatic carbocycles. The van der Waals surface area contributed by atoms with Gasteiger partial charge in [0, 0.05) is 25.0 Å². The van der Waals surface area contributed by atoms with Gasteiger partial charge in [-0.15, -0.1) is 0 Å². The fourth-order valence-electron chi connectivity index (χ4n) is 3.89. The lowest BCUT2D eigenvalue weighted by Gasteiger charge is -2.44. The van der Waals surface area contributed by atoms with Crippen molar-refractivity contribution in [3.05, 3.63) is 0 Å². The van der Waals surface area contributed by atoms with Crippen molar-refractivity contribution in [1.82, 2.24) is 10.2 Å². The van der Waals surface area contributed by atoms with Crippen LogP contribution in [-0.2, 0) is 4.79 Å². The van der Waals surface area contributed by atoms with Crippen LogP contribution in [0, 0.1) is 11.3 Å². The number of piperidine rings is 1. The van der Waals surface area contributed by atoms with Crippen LogP contribution in [0.3, 0.4) is 0 Å². The van der Waals surface area contributed by atoms with Gasteiger partial charge in [0.2, 0.25) is 5.91 Å². The second kappa shape index (κ2) is 6.25. The predicted octanol–water partition coefficient (Wildman–Crippen LogP) is 2.80. The summed E-state index contributed by atoms with van der Waals surface area (Å²) in [5.41, 5.74) is 0.191. The van der Waals surface area contributed by atoms with Gasteiger partial charge in [-0.25, -0.2) is 0 Å². The zero-order chi connectivity index (χ0) is 13.9. The van der Waals surface area contributed by atoms with Crippen molar-refractivity contribution in [2.45, 2.75) is 64.8 Å². The third kappa shape index (κ3) is 3.31. The molecular formula is C16H30N2O. The number of likely N-dealkylation sites (tertiary alicyclic amines) is 1. The summed E-state index contributed by atoms with van der Waals surface area (Å²) in [5, 5.41) is 3.25. The van der Waals surface area contributed by atoms with Crippen LogP contribution in [-0.4, -0.2) is 37.0 Å². The van der Waals surface area contributed by atoms with Crippen molar-refractivity contribution in [2.75, 3.05) is 20.1 Å². The second-order valence-electron chi connectivity index (χ2n) is 7.03. The van der Waals surface area contributed by atoms with Gasteiger partial charge in [0.15, 0.2) is 0 Å². The molecule has 0 aromatic heterocycles. The van der Waals surface area contributed by atoms with E-state index in [0.717, 1.165) is 19.5 Å². The maximum Gasteiger partial charge on any atom is 0.226 e. The van der Waals surface area contributed by atoms with E-state index in [0.29, 0.717) is 11.9 Å². The lowest BCUT2D eigenvalue weighted by Crippen LogP contribution is -2.52. The molecule has 2 fully saturated rings. The minimum atomic E-state index is 0.191. The van der Waals surface area contributed by atoms with Crippen molar-refractivity contribution in [1.29, 1.82) is 0 Å². The Morgan fingerprint density at radius 1 is 1.21 bits per heavy atom. The lowest BCUT2D eigenvalue weighted by atomic mass is 9.68. The number of hydrogen-bond acceptors (Lipinski definition) is 2. The molecule has 0 spiro atoms. The molecule has 0 aromatic rings. The van der Waals surface area contributed by atoms with E-state index in [1.165, 1.54) is 38.5 Å². The fraction of sp³-hybridized carbons (Fsp3) is 0.938. The molecule has 0 aromatic carbocycles. The fourth-order valence-corrected chi connectivity index (χ4v) is 3.89. The van der Waals surface area contributed by atoms with Crippen LogP contribution < -0.4 is 5.32 Å². The number of nitrogens with zero attached hydrogens (tertiary/aromatic N) is 1. The molecule has 1 amide bonds. The van der Waals surface area contributed by atoms with Gasteiger partial charge < -0.3 is 10.2 Å². The first kappa shape index (κ1) is 14.8. The quantitative estimate of drug-likeness (QED) is 0.852. The number of carbonyl (C=O) groups excluding carboxylic acids is 1. The van der Waals surface area contributed by atoms with E-state index in [-0.39, 0.29) is 11.3 Å². The summed E-state index contributed by atoms with van der Waals surface area (Å²) in [6.07, 6.45) is 8.42. The number of hydrogen-bond donors (Lipinski definition) is 1. The molecule has 0 radical (unpaired) electrons. The largest absolute Gasteiger partial charge is 0.338 e. The van der Waals surface area contributed by atoms with E-state index in [1.54, 1.807) is 0 Å². The van der Waals surface area contributed by atoms with Crippen LogP contribution in [0.15, 0.2) is 0 Å². The SMILES string of the molecule is CNCC1CCCCN1C(=O)C1CCCCC1(C)C. The summed E-state index contributed by atoms with van der Waals surface area (Å²) in [5.74, 6) is 0.684. The highest BCUT2D eigenvalue weighted by Gasteiger charge is 2.40. The highest BCUT2D eigenvalue weighted by Crippen LogP contribution is 2.42. The third-order valence-corrected chi connectivity index (χ3v) is 5.16. The number of nitrogens with one attached hydrogen (secondary N) is 1. The minimum Gasteiger partial charge on any atom is -0.338 e.